The topological polar surface area (TPSA) is 85.4 Å². The van der Waals surface area contributed by atoms with Crippen LogP contribution in [0.2, 0.25) is 0 Å². The van der Waals surface area contributed by atoms with E-state index >= 15 is 0 Å². The lowest BCUT2D eigenvalue weighted by atomic mass is 9.86. The second kappa shape index (κ2) is 11.0. The van der Waals surface area contributed by atoms with Crippen LogP contribution in [0.15, 0.2) is 48.5 Å². The predicted molar refractivity (Wildman–Crippen MR) is 130 cm³/mol. The molecule has 2 heterocycles. The molecule has 2 fully saturated rings. The number of benzene rings is 2. The predicted octanol–water partition coefficient (Wildman–Crippen LogP) is 2.77. The van der Waals surface area contributed by atoms with Gasteiger partial charge in [-0.15, -0.1) is 0 Å². The van der Waals surface area contributed by atoms with Crippen LogP contribution in [0.25, 0.3) is 0 Å². The molecule has 8 nitrogen and oxygen atoms in total. The maximum atomic E-state index is 13.6. The van der Waals surface area contributed by atoms with Crippen LogP contribution in [0, 0.1) is 5.92 Å². The smallest absolute Gasteiger partial charge is 0.291 e. The first-order chi connectivity index (χ1) is 16.9. The zero-order valence-electron chi connectivity index (χ0n) is 20.4. The van der Waals surface area contributed by atoms with Crippen molar-refractivity contribution in [1.82, 2.24) is 9.80 Å². The van der Waals surface area contributed by atoms with Crippen LogP contribution in [-0.4, -0.2) is 79.9 Å². The number of hydrogen-bond donors (Lipinski definition) is 0. The Hall–Kier alpha value is -3.23. The van der Waals surface area contributed by atoms with E-state index in [0.717, 1.165) is 18.7 Å². The number of amides is 1. The zero-order chi connectivity index (χ0) is 24.9. The number of ketones is 2. The number of likely N-dealkylation sites (tertiary alicyclic amines) is 1. The molecule has 8 heteroatoms. The summed E-state index contributed by atoms with van der Waals surface area (Å²) in [6.07, 6.45) is 0.00469. The van der Waals surface area contributed by atoms with Gasteiger partial charge in [-0.25, -0.2) is 0 Å². The fraction of sp³-hybridized carbons (Fsp3) is 0.444. The van der Waals surface area contributed by atoms with Gasteiger partial charge in [-0.3, -0.25) is 19.3 Å². The van der Waals surface area contributed by atoms with Crippen molar-refractivity contribution < 1.29 is 28.6 Å². The molecule has 2 aromatic rings. The van der Waals surface area contributed by atoms with Crippen molar-refractivity contribution in [2.45, 2.75) is 26.0 Å². The third kappa shape index (κ3) is 5.55. The van der Waals surface area contributed by atoms with Crippen LogP contribution in [0.5, 0.6) is 11.5 Å². The van der Waals surface area contributed by atoms with Gasteiger partial charge in [0.1, 0.15) is 17.4 Å². The number of ether oxygens (including phenoxy) is 3. The summed E-state index contributed by atoms with van der Waals surface area (Å²) in [5.41, 5.74) is 1.10. The van der Waals surface area contributed by atoms with E-state index in [1.54, 1.807) is 48.4 Å². The molecule has 0 spiro atoms. The average Bonchev–Trinajstić information content (AvgIpc) is 3.12. The lowest BCUT2D eigenvalue weighted by Gasteiger charge is -2.31. The van der Waals surface area contributed by atoms with Crippen molar-refractivity contribution in [2.75, 3.05) is 46.5 Å². The molecule has 35 heavy (non-hydrogen) atoms. The molecule has 1 amide bonds. The third-order valence-corrected chi connectivity index (χ3v) is 6.42. The van der Waals surface area contributed by atoms with E-state index < -0.39 is 23.7 Å². The fourth-order valence-corrected chi connectivity index (χ4v) is 4.62. The highest BCUT2D eigenvalue weighted by atomic mass is 16.5. The molecule has 4 rings (SSSR count). The number of nitrogens with zero attached hydrogens (tertiary/aromatic N) is 2. The molecule has 0 N–H and O–H groups in total. The van der Waals surface area contributed by atoms with Gasteiger partial charge in [0.15, 0.2) is 5.78 Å². The van der Waals surface area contributed by atoms with Crippen molar-refractivity contribution in [2.24, 2.45) is 5.92 Å². The van der Waals surface area contributed by atoms with E-state index in [1.807, 2.05) is 26.0 Å². The summed E-state index contributed by atoms with van der Waals surface area (Å²) in [7, 11) is 1.57. The van der Waals surface area contributed by atoms with Crippen LogP contribution in [0.4, 0.5) is 0 Å². The van der Waals surface area contributed by atoms with E-state index in [2.05, 4.69) is 4.90 Å². The highest BCUT2D eigenvalue weighted by molar-refractivity contribution is 6.44. The van der Waals surface area contributed by atoms with Crippen LogP contribution in [0.1, 0.15) is 35.8 Å². The Morgan fingerprint density at radius 1 is 0.971 bits per heavy atom. The van der Waals surface area contributed by atoms with E-state index in [-0.39, 0.29) is 11.9 Å². The van der Waals surface area contributed by atoms with Gasteiger partial charge in [0.2, 0.25) is 5.78 Å². The number of hydrogen-bond acceptors (Lipinski definition) is 7. The van der Waals surface area contributed by atoms with Crippen LogP contribution >= 0.6 is 0 Å². The lowest BCUT2D eigenvalue weighted by molar-refractivity contribution is -0.141. The first-order valence-electron chi connectivity index (χ1n) is 12.0. The standard InChI is InChI=1S/C27H32N2O6/c1-18(2)35-22-10-6-20(7-11-22)25(30)23-24(19-4-8-21(33-3)9-5-19)29(27(32)26(23)31)13-12-28-14-16-34-17-15-28/h4-11,18,23-24H,12-17H2,1-3H3. The Labute approximate surface area is 205 Å². The summed E-state index contributed by atoms with van der Waals surface area (Å²) in [6, 6.07) is 13.2. The summed E-state index contributed by atoms with van der Waals surface area (Å²) in [5, 5.41) is 0. The highest BCUT2D eigenvalue weighted by Gasteiger charge is 2.51. The quantitative estimate of drug-likeness (QED) is 0.310. The average molecular weight is 481 g/mol. The molecule has 0 bridgehead atoms. The fourth-order valence-electron chi connectivity index (χ4n) is 4.62. The molecule has 186 valence electrons. The van der Waals surface area contributed by atoms with E-state index in [0.29, 0.717) is 43.4 Å². The van der Waals surface area contributed by atoms with E-state index in [9.17, 15) is 14.4 Å². The van der Waals surface area contributed by atoms with Gasteiger partial charge >= 0.3 is 0 Å². The first kappa shape index (κ1) is 24.9. The number of carbonyl (C=O) groups excluding carboxylic acids is 3. The van der Waals surface area contributed by atoms with Crippen molar-refractivity contribution in [3.63, 3.8) is 0 Å². The van der Waals surface area contributed by atoms with Crippen molar-refractivity contribution >= 4 is 17.5 Å². The molecule has 2 aliphatic rings. The van der Waals surface area contributed by atoms with Gasteiger partial charge in [0.25, 0.3) is 5.91 Å². The minimum Gasteiger partial charge on any atom is -0.497 e. The highest BCUT2D eigenvalue weighted by Crippen LogP contribution is 2.38. The summed E-state index contributed by atoms with van der Waals surface area (Å²) in [4.78, 5) is 43.7. The molecule has 0 saturated carbocycles. The van der Waals surface area contributed by atoms with Crippen molar-refractivity contribution in [3.05, 3.63) is 59.7 Å². The van der Waals surface area contributed by atoms with Crippen LogP contribution < -0.4 is 9.47 Å². The van der Waals surface area contributed by atoms with Gasteiger partial charge in [-0.1, -0.05) is 12.1 Å². The molecule has 2 unspecified atom stereocenters. The molecular weight excluding hydrogens is 448 g/mol. The molecule has 0 radical (unpaired) electrons. The number of Topliss-reactive ketones (excluding diaryl/α,β-unsaturated/α-hetero) is 2. The molecule has 2 aliphatic heterocycles. The summed E-state index contributed by atoms with van der Waals surface area (Å²) < 4.78 is 16.3. The van der Waals surface area contributed by atoms with E-state index in [4.69, 9.17) is 14.2 Å². The Kier molecular flexibility index (Phi) is 7.83. The first-order valence-corrected chi connectivity index (χ1v) is 12.0. The summed E-state index contributed by atoms with van der Waals surface area (Å²) >= 11 is 0. The maximum Gasteiger partial charge on any atom is 0.291 e. The van der Waals surface area contributed by atoms with Crippen LogP contribution in [0.3, 0.4) is 0 Å². The number of rotatable bonds is 9. The Morgan fingerprint density at radius 3 is 2.20 bits per heavy atom. The number of morpholine rings is 1. The Morgan fingerprint density at radius 2 is 1.60 bits per heavy atom. The van der Waals surface area contributed by atoms with Gasteiger partial charge in [0, 0.05) is 31.7 Å². The maximum absolute atomic E-state index is 13.6. The van der Waals surface area contributed by atoms with Gasteiger partial charge in [-0.05, 0) is 55.8 Å². The largest absolute Gasteiger partial charge is 0.497 e. The molecule has 2 atom stereocenters. The minimum atomic E-state index is -1.11. The van der Waals surface area contributed by atoms with Gasteiger partial charge in [-0.2, -0.15) is 0 Å². The van der Waals surface area contributed by atoms with Crippen LogP contribution in [-0.2, 0) is 14.3 Å². The SMILES string of the molecule is COc1ccc(C2C(C(=O)c3ccc(OC(C)C)cc3)C(=O)C(=O)N2CCN2CCOCC2)cc1. The second-order valence-electron chi connectivity index (χ2n) is 9.07. The third-order valence-electron chi connectivity index (χ3n) is 6.42. The van der Waals surface area contributed by atoms with Crippen molar-refractivity contribution in [3.8, 4) is 11.5 Å². The molecular formula is C27H32N2O6. The molecule has 0 aromatic heterocycles. The summed E-state index contributed by atoms with van der Waals surface area (Å²) in [5.74, 6) is -1.46. The second-order valence-corrected chi connectivity index (χ2v) is 9.07. The lowest BCUT2D eigenvalue weighted by Crippen LogP contribution is -2.42. The molecule has 0 aliphatic carbocycles. The Balaban J connectivity index is 1.63. The number of carbonyl (C=O) groups is 3. The molecule has 2 saturated heterocycles. The molecule has 2 aromatic carbocycles. The Bertz CT molecular complexity index is 1040. The zero-order valence-corrected chi connectivity index (χ0v) is 20.4. The normalized spacial score (nSPS) is 21.0. The van der Waals surface area contributed by atoms with E-state index in [1.165, 1.54) is 0 Å². The monoisotopic (exact) mass is 480 g/mol. The van der Waals surface area contributed by atoms with Gasteiger partial charge < -0.3 is 19.1 Å². The minimum absolute atomic E-state index is 0.00469. The number of methoxy groups -OCH3 is 1. The van der Waals surface area contributed by atoms with Crippen molar-refractivity contribution in [1.29, 1.82) is 0 Å². The summed E-state index contributed by atoms with van der Waals surface area (Å²) in [6.45, 7) is 7.65. The van der Waals surface area contributed by atoms with Gasteiger partial charge in [0.05, 0.1) is 32.5 Å².